The van der Waals surface area contributed by atoms with Gasteiger partial charge in [0, 0.05) is 26.2 Å². The fourth-order valence-corrected chi connectivity index (χ4v) is 2.85. The zero-order chi connectivity index (χ0) is 14.4. The van der Waals surface area contributed by atoms with Gasteiger partial charge in [0.2, 0.25) is 5.91 Å². The van der Waals surface area contributed by atoms with Crippen LogP contribution in [0.25, 0.3) is 0 Å². The minimum atomic E-state index is 0.00948. The summed E-state index contributed by atoms with van der Waals surface area (Å²) in [6.07, 6.45) is 5.07. The fourth-order valence-electron chi connectivity index (χ4n) is 2.85. The highest BCUT2D eigenvalue weighted by atomic mass is 16.2. The van der Waals surface area contributed by atoms with E-state index in [0.29, 0.717) is 6.04 Å². The topological polar surface area (TPSA) is 23.6 Å². The van der Waals surface area contributed by atoms with E-state index in [-0.39, 0.29) is 5.91 Å². The molecule has 20 heavy (non-hydrogen) atoms. The smallest absolute Gasteiger partial charge is 0.245 e. The molecule has 1 aromatic carbocycles. The maximum atomic E-state index is 11.6. The Balaban J connectivity index is 1.98. The fraction of sp³-hybridized carbons (Fsp3) is 0.471. The third-order valence-corrected chi connectivity index (χ3v) is 4.01. The van der Waals surface area contributed by atoms with Crippen molar-refractivity contribution in [3.63, 3.8) is 0 Å². The first-order valence-corrected chi connectivity index (χ1v) is 7.36. The standard InChI is InChI=1S/C17H24N2O/c1-3-17(20)18(2)14-16-11-7-8-12-19(16)13-15-9-5-4-6-10-15/h3-6,9-10,16H,1,7-8,11-14H2,2H3/t16-/m1/s1. The lowest BCUT2D eigenvalue weighted by Crippen LogP contribution is -2.46. The maximum Gasteiger partial charge on any atom is 0.245 e. The third-order valence-electron chi connectivity index (χ3n) is 4.01. The molecule has 1 heterocycles. The highest BCUT2D eigenvalue weighted by Crippen LogP contribution is 2.20. The molecule has 1 aromatic rings. The highest BCUT2D eigenvalue weighted by molar-refractivity contribution is 5.86. The van der Waals surface area contributed by atoms with Gasteiger partial charge in [-0.15, -0.1) is 0 Å². The van der Waals surface area contributed by atoms with Crippen molar-refractivity contribution in [2.75, 3.05) is 20.1 Å². The molecular formula is C17H24N2O. The number of piperidine rings is 1. The van der Waals surface area contributed by atoms with Crippen LogP contribution in [0.1, 0.15) is 24.8 Å². The number of carbonyl (C=O) groups excluding carboxylic acids is 1. The molecule has 3 heteroatoms. The molecule has 3 nitrogen and oxygen atoms in total. The van der Waals surface area contributed by atoms with Crippen LogP contribution in [0.3, 0.4) is 0 Å². The van der Waals surface area contributed by atoms with Gasteiger partial charge in [-0.1, -0.05) is 43.3 Å². The van der Waals surface area contributed by atoms with Crippen molar-refractivity contribution in [1.82, 2.24) is 9.80 Å². The van der Waals surface area contributed by atoms with Crippen LogP contribution >= 0.6 is 0 Å². The van der Waals surface area contributed by atoms with Gasteiger partial charge < -0.3 is 4.90 Å². The van der Waals surface area contributed by atoms with Gasteiger partial charge in [-0.2, -0.15) is 0 Å². The summed E-state index contributed by atoms with van der Waals surface area (Å²) in [4.78, 5) is 15.9. The molecule has 1 saturated heterocycles. The van der Waals surface area contributed by atoms with E-state index < -0.39 is 0 Å². The normalized spacial score (nSPS) is 19.6. The second-order valence-electron chi connectivity index (χ2n) is 5.53. The minimum absolute atomic E-state index is 0.00948. The average Bonchev–Trinajstić information content (AvgIpc) is 2.49. The van der Waals surface area contributed by atoms with E-state index >= 15 is 0 Å². The van der Waals surface area contributed by atoms with Gasteiger partial charge >= 0.3 is 0 Å². The van der Waals surface area contributed by atoms with E-state index in [1.807, 2.05) is 13.1 Å². The quantitative estimate of drug-likeness (QED) is 0.769. The van der Waals surface area contributed by atoms with Crippen molar-refractivity contribution in [2.45, 2.75) is 31.8 Å². The Morgan fingerprint density at radius 3 is 2.85 bits per heavy atom. The van der Waals surface area contributed by atoms with Crippen molar-refractivity contribution in [2.24, 2.45) is 0 Å². The van der Waals surface area contributed by atoms with Crippen molar-refractivity contribution in [1.29, 1.82) is 0 Å². The predicted molar refractivity (Wildman–Crippen MR) is 82.3 cm³/mol. The van der Waals surface area contributed by atoms with Gasteiger partial charge in [0.25, 0.3) is 0 Å². The number of hydrogen-bond acceptors (Lipinski definition) is 2. The molecule has 0 aliphatic carbocycles. The number of benzene rings is 1. The van der Waals surface area contributed by atoms with Crippen LogP contribution in [0.2, 0.25) is 0 Å². The molecule has 0 N–H and O–H groups in total. The summed E-state index contributed by atoms with van der Waals surface area (Å²) >= 11 is 0. The van der Waals surface area contributed by atoms with Crippen LogP contribution in [0.4, 0.5) is 0 Å². The van der Waals surface area contributed by atoms with Crippen molar-refractivity contribution < 1.29 is 4.79 Å². The zero-order valence-corrected chi connectivity index (χ0v) is 12.3. The minimum Gasteiger partial charge on any atom is -0.341 e. The van der Waals surface area contributed by atoms with Gasteiger partial charge in [0.1, 0.15) is 0 Å². The lowest BCUT2D eigenvalue weighted by Gasteiger charge is -2.37. The van der Waals surface area contributed by atoms with E-state index in [1.165, 1.54) is 30.9 Å². The summed E-state index contributed by atoms with van der Waals surface area (Å²) < 4.78 is 0. The lowest BCUT2D eigenvalue weighted by atomic mass is 10.0. The molecule has 0 radical (unpaired) electrons. The number of amides is 1. The van der Waals surface area contributed by atoms with Crippen molar-refractivity contribution >= 4 is 5.91 Å². The van der Waals surface area contributed by atoms with Crippen LogP contribution < -0.4 is 0 Å². The SMILES string of the molecule is C=CC(=O)N(C)C[C@H]1CCCCN1Cc1ccccc1. The maximum absolute atomic E-state index is 11.6. The lowest BCUT2D eigenvalue weighted by molar-refractivity contribution is -0.125. The Bertz CT molecular complexity index is 444. The first-order chi connectivity index (χ1) is 9.70. The molecular weight excluding hydrogens is 248 g/mol. The van der Waals surface area contributed by atoms with Crippen molar-refractivity contribution in [3.05, 3.63) is 48.6 Å². The van der Waals surface area contributed by atoms with Crippen LogP contribution in [0.5, 0.6) is 0 Å². The number of nitrogens with zero attached hydrogens (tertiary/aromatic N) is 2. The average molecular weight is 272 g/mol. The van der Waals surface area contributed by atoms with Gasteiger partial charge in [-0.05, 0) is 31.0 Å². The monoisotopic (exact) mass is 272 g/mol. The molecule has 0 saturated carbocycles. The van der Waals surface area contributed by atoms with E-state index in [1.54, 1.807) is 4.90 Å². The van der Waals surface area contributed by atoms with Gasteiger partial charge in [-0.3, -0.25) is 9.69 Å². The molecule has 108 valence electrons. The van der Waals surface area contributed by atoms with Crippen LogP contribution in [-0.4, -0.2) is 41.9 Å². The Morgan fingerprint density at radius 2 is 2.15 bits per heavy atom. The van der Waals surface area contributed by atoms with Gasteiger partial charge in [-0.25, -0.2) is 0 Å². The summed E-state index contributed by atoms with van der Waals surface area (Å²) in [5, 5.41) is 0. The number of rotatable bonds is 5. The number of carbonyl (C=O) groups is 1. The summed E-state index contributed by atoms with van der Waals surface area (Å²) in [7, 11) is 1.86. The van der Waals surface area contributed by atoms with Crippen molar-refractivity contribution in [3.8, 4) is 0 Å². The first kappa shape index (κ1) is 14.8. The van der Waals surface area contributed by atoms with Crippen LogP contribution in [0.15, 0.2) is 43.0 Å². The Morgan fingerprint density at radius 1 is 1.40 bits per heavy atom. The Kier molecular flexibility index (Phi) is 5.36. The molecule has 1 atom stereocenters. The Labute approximate surface area is 121 Å². The molecule has 1 aliphatic heterocycles. The number of hydrogen-bond donors (Lipinski definition) is 0. The van der Waals surface area contributed by atoms with E-state index in [2.05, 4.69) is 35.7 Å². The molecule has 0 bridgehead atoms. The molecule has 2 rings (SSSR count). The van der Waals surface area contributed by atoms with Crippen LogP contribution in [-0.2, 0) is 11.3 Å². The summed E-state index contributed by atoms with van der Waals surface area (Å²) in [6.45, 7) is 6.44. The number of likely N-dealkylation sites (N-methyl/N-ethyl adjacent to an activating group) is 1. The largest absolute Gasteiger partial charge is 0.341 e. The summed E-state index contributed by atoms with van der Waals surface area (Å²) in [6, 6.07) is 11.0. The highest BCUT2D eigenvalue weighted by Gasteiger charge is 2.24. The molecule has 1 amide bonds. The summed E-state index contributed by atoms with van der Waals surface area (Å²) in [5.74, 6) is 0.00948. The third kappa shape index (κ3) is 3.94. The Hall–Kier alpha value is -1.61. The van der Waals surface area contributed by atoms with E-state index in [9.17, 15) is 4.79 Å². The molecule has 1 aliphatic rings. The van der Waals surface area contributed by atoms with Crippen LogP contribution in [0, 0.1) is 0 Å². The summed E-state index contributed by atoms with van der Waals surface area (Å²) in [5.41, 5.74) is 1.34. The van der Waals surface area contributed by atoms with Gasteiger partial charge in [0.05, 0.1) is 0 Å². The number of likely N-dealkylation sites (tertiary alicyclic amines) is 1. The molecule has 1 fully saturated rings. The van der Waals surface area contributed by atoms with Gasteiger partial charge in [0.15, 0.2) is 0 Å². The predicted octanol–water partition coefficient (Wildman–Crippen LogP) is 2.69. The second kappa shape index (κ2) is 7.25. The molecule has 0 aromatic heterocycles. The molecule has 0 spiro atoms. The van der Waals surface area contributed by atoms with E-state index in [0.717, 1.165) is 19.6 Å². The second-order valence-corrected chi connectivity index (χ2v) is 5.53. The zero-order valence-electron chi connectivity index (χ0n) is 12.3. The molecule has 0 unspecified atom stereocenters. The first-order valence-electron chi connectivity index (χ1n) is 7.36. The van der Waals surface area contributed by atoms with E-state index in [4.69, 9.17) is 0 Å².